The molecule has 0 saturated carbocycles. The van der Waals surface area contributed by atoms with Crippen molar-refractivity contribution in [3.63, 3.8) is 0 Å². The Hall–Kier alpha value is -2.10. The molecule has 4 nitrogen and oxygen atoms in total. The molecule has 23 heavy (non-hydrogen) atoms. The van der Waals surface area contributed by atoms with Gasteiger partial charge in [-0.2, -0.15) is 0 Å². The molecule has 2 rings (SSSR count). The maximum absolute atomic E-state index is 9.30. The van der Waals surface area contributed by atoms with E-state index >= 15 is 0 Å². The van der Waals surface area contributed by atoms with Gasteiger partial charge in [0.2, 0.25) is 0 Å². The molecule has 0 fully saturated rings. The Morgan fingerprint density at radius 2 is 1.43 bits per heavy atom. The molecule has 1 aromatic carbocycles. The first-order valence-electron chi connectivity index (χ1n) is 8.54. The Morgan fingerprint density at radius 3 is 2.09 bits per heavy atom. The molecule has 1 aromatic heterocycles. The largest absolute Gasteiger partial charge is 0.508 e. The lowest BCUT2D eigenvalue weighted by molar-refractivity contribution is 0.281. The predicted octanol–water partition coefficient (Wildman–Crippen LogP) is 4.98. The summed E-state index contributed by atoms with van der Waals surface area (Å²) in [7, 11) is 0. The quantitative estimate of drug-likeness (QED) is 0.628. The van der Waals surface area contributed by atoms with Crippen LogP contribution in [0, 0.1) is 0 Å². The zero-order chi connectivity index (χ0) is 16.3. The monoisotopic (exact) mass is 314 g/mol. The van der Waals surface area contributed by atoms with Crippen molar-refractivity contribution in [1.29, 1.82) is 0 Å². The molecular weight excluding hydrogens is 288 g/mol. The summed E-state index contributed by atoms with van der Waals surface area (Å²) in [5.74, 6) is 0.254. The third kappa shape index (κ3) is 6.27. The van der Waals surface area contributed by atoms with Gasteiger partial charge >= 0.3 is 6.01 Å². The molecule has 0 bridgehead atoms. The van der Waals surface area contributed by atoms with Crippen LogP contribution in [0.1, 0.15) is 51.9 Å². The van der Waals surface area contributed by atoms with Crippen molar-refractivity contribution >= 4 is 0 Å². The fourth-order valence-corrected chi connectivity index (χ4v) is 2.42. The number of phenols is 1. The van der Waals surface area contributed by atoms with Gasteiger partial charge in [0.25, 0.3) is 0 Å². The van der Waals surface area contributed by atoms with Gasteiger partial charge in [0.15, 0.2) is 0 Å². The molecule has 4 heteroatoms. The van der Waals surface area contributed by atoms with Crippen molar-refractivity contribution in [1.82, 2.24) is 9.97 Å². The van der Waals surface area contributed by atoms with Crippen LogP contribution in [0.25, 0.3) is 11.1 Å². The van der Waals surface area contributed by atoms with Gasteiger partial charge in [0.1, 0.15) is 5.75 Å². The molecule has 0 aliphatic heterocycles. The van der Waals surface area contributed by atoms with E-state index in [4.69, 9.17) is 4.74 Å². The molecular formula is C19H26N2O2. The lowest BCUT2D eigenvalue weighted by Gasteiger charge is -2.05. The van der Waals surface area contributed by atoms with Crippen molar-refractivity contribution in [3.8, 4) is 22.9 Å². The summed E-state index contributed by atoms with van der Waals surface area (Å²) in [5.41, 5.74) is 1.88. The summed E-state index contributed by atoms with van der Waals surface area (Å²) in [6, 6.07) is 7.42. The summed E-state index contributed by atoms with van der Waals surface area (Å²) in [4.78, 5) is 8.48. The average molecular weight is 314 g/mol. The smallest absolute Gasteiger partial charge is 0.316 e. The minimum absolute atomic E-state index is 0.254. The highest BCUT2D eigenvalue weighted by molar-refractivity contribution is 5.62. The van der Waals surface area contributed by atoms with Crippen LogP contribution >= 0.6 is 0 Å². The molecule has 0 aliphatic rings. The van der Waals surface area contributed by atoms with E-state index in [1.807, 2.05) is 12.1 Å². The number of rotatable bonds is 10. The Balaban J connectivity index is 1.68. The van der Waals surface area contributed by atoms with Gasteiger partial charge in [-0.05, 0) is 24.1 Å². The van der Waals surface area contributed by atoms with Crippen LogP contribution in [0.4, 0.5) is 0 Å². The molecule has 0 atom stereocenters. The molecule has 0 amide bonds. The zero-order valence-corrected chi connectivity index (χ0v) is 13.9. The summed E-state index contributed by atoms with van der Waals surface area (Å²) < 4.78 is 5.58. The maximum Gasteiger partial charge on any atom is 0.316 e. The Kier molecular flexibility index (Phi) is 7.37. The van der Waals surface area contributed by atoms with E-state index in [-0.39, 0.29) is 5.75 Å². The fourth-order valence-electron chi connectivity index (χ4n) is 2.42. The van der Waals surface area contributed by atoms with Gasteiger partial charge in [-0.1, -0.05) is 57.6 Å². The van der Waals surface area contributed by atoms with Crippen LogP contribution in [0.2, 0.25) is 0 Å². The third-order valence-corrected chi connectivity index (χ3v) is 3.81. The van der Waals surface area contributed by atoms with Crippen LogP contribution < -0.4 is 4.74 Å². The second kappa shape index (κ2) is 9.82. The van der Waals surface area contributed by atoms with Crippen LogP contribution in [-0.2, 0) is 0 Å². The molecule has 0 spiro atoms. The maximum atomic E-state index is 9.30. The van der Waals surface area contributed by atoms with E-state index in [9.17, 15) is 5.11 Å². The molecule has 1 heterocycles. The summed E-state index contributed by atoms with van der Waals surface area (Å²) in [5, 5.41) is 9.30. The van der Waals surface area contributed by atoms with E-state index in [2.05, 4.69) is 16.9 Å². The number of aromatic hydroxyl groups is 1. The van der Waals surface area contributed by atoms with Crippen LogP contribution in [0.15, 0.2) is 36.7 Å². The number of hydrogen-bond donors (Lipinski definition) is 1. The van der Waals surface area contributed by atoms with Crippen molar-refractivity contribution < 1.29 is 9.84 Å². The van der Waals surface area contributed by atoms with Crippen molar-refractivity contribution in [3.05, 3.63) is 36.7 Å². The molecule has 0 saturated heterocycles. The van der Waals surface area contributed by atoms with E-state index in [0.717, 1.165) is 17.5 Å². The molecule has 0 unspecified atom stereocenters. The van der Waals surface area contributed by atoms with Gasteiger partial charge in [-0.15, -0.1) is 0 Å². The summed E-state index contributed by atoms with van der Waals surface area (Å²) >= 11 is 0. The normalized spacial score (nSPS) is 10.7. The standard InChI is InChI=1S/C19H26N2O2/c1-2-3-4-5-6-7-8-13-23-19-20-14-17(15-21-19)16-9-11-18(22)12-10-16/h9-12,14-15,22H,2-8,13H2,1H3. The lowest BCUT2D eigenvalue weighted by atomic mass is 10.1. The van der Waals surface area contributed by atoms with Crippen LogP contribution in [0.3, 0.4) is 0 Å². The first kappa shape index (κ1) is 17.3. The van der Waals surface area contributed by atoms with Gasteiger partial charge in [0.05, 0.1) is 6.61 Å². The fraction of sp³-hybridized carbons (Fsp3) is 0.474. The summed E-state index contributed by atoms with van der Waals surface area (Å²) in [6.07, 6.45) is 12.3. The van der Waals surface area contributed by atoms with Crippen molar-refractivity contribution in [2.24, 2.45) is 0 Å². The topological polar surface area (TPSA) is 55.2 Å². The third-order valence-electron chi connectivity index (χ3n) is 3.81. The minimum atomic E-state index is 0.254. The van der Waals surface area contributed by atoms with Crippen molar-refractivity contribution in [2.45, 2.75) is 51.9 Å². The zero-order valence-electron chi connectivity index (χ0n) is 13.9. The van der Waals surface area contributed by atoms with E-state index in [0.29, 0.717) is 12.6 Å². The molecule has 2 aromatic rings. The second-order valence-electron chi connectivity index (χ2n) is 5.77. The number of hydrogen-bond acceptors (Lipinski definition) is 4. The number of benzene rings is 1. The van der Waals surface area contributed by atoms with E-state index in [1.165, 1.54) is 38.5 Å². The van der Waals surface area contributed by atoms with E-state index in [1.54, 1.807) is 24.5 Å². The average Bonchev–Trinajstić information content (AvgIpc) is 2.59. The lowest BCUT2D eigenvalue weighted by Crippen LogP contribution is -2.01. The molecule has 124 valence electrons. The highest BCUT2D eigenvalue weighted by atomic mass is 16.5. The molecule has 1 N–H and O–H groups in total. The highest BCUT2D eigenvalue weighted by Gasteiger charge is 2.02. The van der Waals surface area contributed by atoms with E-state index < -0.39 is 0 Å². The number of nitrogens with zero attached hydrogens (tertiary/aromatic N) is 2. The van der Waals surface area contributed by atoms with Crippen molar-refractivity contribution in [2.75, 3.05) is 6.61 Å². The number of aromatic nitrogens is 2. The number of ether oxygens (including phenoxy) is 1. The Bertz CT molecular complexity index is 553. The first-order valence-corrected chi connectivity index (χ1v) is 8.54. The summed E-state index contributed by atoms with van der Waals surface area (Å²) in [6.45, 7) is 2.91. The second-order valence-corrected chi connectivity index (χ2v) is 5.77. The predicted molar refractivity (Wildman–Crippen MR) is 92.6 cm³/mol. The number of phenolic OH excluding ortho intramolecular Hbond substituents is 1. The van der Waals surface area contributed by atoms with Gasteiger partial charge in [-0.25, -0.2) is 9.97 Å². The molecule has 0 radical (unpaired) electrons. The van der Waals surface area contributed by atoms with Gasteiger partial charge in [0, 0.05) is 18.0 Å². The van der Waals surface area contributed by atoms with Crippen LogP contribution in [-0.4, -0.2) is 21.7 Å². The highest BCUT2D eigenvalue weighted by Crippen LogP contribution is 2.21. The van der Waals surface area contributed by atoms with Gasteiger partial charge in [-0.3, -0.25) is 0 Å². The number of unbranched alkanes of at least 4 members (excludes halogenated alkanes) is 6. The minimum Gasteiger partial charge on any atom is -0.508 e. The van der Waals surface area contributed by atoms with Gasteiger partial charge < -0.3 is 9.84 Å². The Morgan fingerprint density at radius 1 is 0.826 bits per heavy atom. The Labute approximate surface area is 138 Å². The first-order chi connectivity index (χ1) is 11.3. The van der Waals surface area contributed by atoms with Crippen LogP contribution in [0.5, 0.6) is 11.8 Å². The molecule has 0 aliphatic carbocycles. The SMILES string of the molecule is CCCCCCCCCOc1ncc(-c2ccc(O)cc2)cn1.